The second-order valence-electron chi connectivity index (χ2n) is 7.01. The SMILES string of the molecule is COc1ccc(OC)c(NS(=O)(=O)c2cc3c4c(c2)[C@H](C)C(=O)N4CCC3)c1. The summed E-state index contributed by atoms with van der Waals surface area (Å²) in [5.74, 6) is 0.597. The van der Waals surface area contributed by atoms with E-state index in [0.717, 1.165) is 29.7 Å². The zero-order valence-corrected chi connectivity index (χ0v) is 16.8. The van der Waals surface area contributed by atoms with Crippen LogP contribution in [0.15, 0.2) is 35.2 Å². The topological polar surface area (TPSA) is 84.9 Å². The van der Waals surface area contributed by atoms with Gasteiger partial charge in [0.25, 0.3) is 10.0 Å². The lowest BCUT2D eigenvalue weighted by atomic mass is 9.97. The Morgan fingerprint density at radius 1 is 1.14 bits per heavy atom. The lowest BCUT2D eigenvalue weighted by molar-refractivity contribution is -0.119. The van der Waals surface area contributed by atoms with Gasteiger partial charge in [-0.2, -0.15) is 0 Å². The molecule has 4 rings (SSSR count). The van der Waals surface area contributed by atoms with Crippen molar-refractivity contribution in [2.24, 2.45) is 0 Å². The summed E-state index contributed by atoms with van der Waals surface area (Å²) in [7, 11) is -0.892. The molecule has 8 heteroatoms. The Bertz CT molecular complexity index is 1060. The van der Waals surface area contributed by atoms with Crippen molar-refractivity contribution in [1.29, 1.82) is 0 Å². The van der Waals surface area contributed by atoms with Crippen LogP contribution in [-0.4, -0.2) is 35.1 Å². The number of nitrogens with zero attached hydrogens (tertiary/aromatic N) is 1. The highest BCUT2D eigenvalue weighted by atomic mass is 32.2. The van der Waals surface area contributed by atoms with Crippen molar-refractivity contribution in [1.82, 2.24) is 0 Å². The van der Waals surface area contributed by atoms with Gasteiger partial charge in [0.2, 0.25) is 5.91 Å². The Hall–Kier alpha value is -2.74. The van der Waals surface area contributed by atoms with E-state index in [2.05, 4.69) is 4.72 Å². The molecule has 2 aromatic rings. The molecule has 0 aliphatic carbocycles. The molecule has 148 valence electrons. The Kier molecular flexibility index (Phi) is 4.45. The van der Waals surface area contributed by atoms with E-state index in [1.165, 1.54) is 14.2 Å². The molecule has 2 aromatic carbocycles. The molecule has 2 aliphatic heterocycles. The van der Waals surface area contributed by atoms with Crippen molar-refractivity contribution < 1.29 is 22.7 Å². The molecule has 0 unspecified atom stereocenters. The van der Waals surface area contributed by atoms with E-state index in [4.69, 9.17) is 9.47 Å². The Labute approximate surface area is 164 Å². The van der Waals surface area contributed by atoms with Gasteiger partial charge in [0.1, 0.15) is 11.5 Å². The predicted molar refractivity (Wildman–Crippen MR) is 106 cm³/mol. The summed E-state index contributed by atoms with van der Waals surface area (Å²) in [6.45, 7) is 2.51. The molecule has 0 radical (unpaired) electrons. The molecular formula is C20H22N2O5S. The number of carbonyl (C=O) groups excluding carboxylic acids is 1. The van der Waals surface area contributed by atoms with Crippen molar-refractivity contribution in [2.75, 3.05) is 30.4 Å². The maximum atomic E-state index is 13.1. The zero-order chi connectivity index (χ0) is 20.1. The summed E-state index contributed by atoms with van der Waals surface area (Å²) in [5.41, 5.74) is 2.86. The fourth-order valence-electron chi connectivity index (χ4n) is 3.92. The number of benzene rings is 2. The van der Waals surface area contributed by atoms with Crippen molar-refractivity contribution in [3.8, 4) is 11.5 Å². The molecule has 1 atom stereocenters. The number of hydrogen-bond acceptors (Lipinski definition) is 5. The van der Waals surface area contributed by atoms with Crippen LogP contribution < -0.4 is 19.1 Å². The lowest BCUT2D eigenvalue weighted by Gasteiger charge is -2.26. The largest absolute Gasteiger partial charge is 0.497 e. The molecule has 0 saturated heterocycles. The Morgan fingerprint density at radius 3 is 2.64 bits per heavy atom. The van der Waals surface area contributed by atoms with E-state index in [1.54, 1.807) is 35.2 Å². The number of methoxy groups -OCH3 is 2. The molecule has 28 heavy (non-hydrogen) atoms. The van der Waals surface area contributed by atoms with E-state index in [9.17, 15) is 13.2 Å². The average Bonchev–Trinajstić information content (AvgIpc) is 2.94. The van der Waals surface area contributed by atoms with E-state index >= 15 is 0 Å². The first-order chi connectivity index (χ1) is 13.4. The van der Waals surface area contributed by atoms with Crippen LogP contribution in [0.3, 0.4) is 0 Å². The summed E-state index contributed by atoms with van der Waals surface area (Å²) in [6.07, 6.45) is 1.58. The van der Waals surface area contributed by atoms with Crippen LogP contribution in [0, 0.1) is 0 Å². The van der Waals surface area contributed by atoms with Crippen LogP contribution in [-0.2, 0) is 21.2 Å². The third kappa shape index (κ3) is 2.88. The van der Waals surface area contributed by atoms with Crippen LogP contribution in [0.25, 0.3) is 0 Å². The molecule has 2 aliphatic rings. The van der Waals surface area contributed by atoms with Crippen LogP contribution in [0.1, 0.15) is 30.4 Å². The molecule has 0 saturated carbocycles. The highest BCUT2D eigenvalue weighted by Crippen LogP contribution is 2.44. The number of aryl methyl sites for hydroxylation is 1. The van der Waals surface area contributed by atoms with E-state index in [0.29, 0.717) is 23.7 Å². The number of sulfonamides is 1. The van der Waals surface area contributed by atoms with Gasteiger partial charge in [-0.1, -0.05) is 0 Å². The number of hydrogen-bond donors (Lipinski definition) is 1. The van der Waals surface area contributed by atoms with E-state index in [-0.39, 0.29) is 16.7 Å². The number of ether oxygens (including phenoxy) is 2. The van der Waals surface area contributed by atoms with Crippen molar-refractivity contribution in [3.05, 3.63) is 41.5 Å². The van der Waals surface area contributed by atoms with Gasteiger partial charge in [0, 0.05) is 12.6 Å². The van der Waals surface area contributed by atoms with Crippen molar-refractivity contribution in [3.63, 3.8) is 0 Å². The van der Waals surface area contributed by atoms with Gasteiger partial charge < -0.3 is 14.4 Å². The first-order valence-electron chi connectivity index (χ1n) is 9.08. The minimum Gasteiger partial charge on any atom is -0.497 e. The number of anilines is 2. The first kappa shape index (κ1) is 18.6. The van der Waals surface area contributed by atoms with E-state index < -0.39 is 10.0 Å². The fourth-order valence-corrected chi connectivity index (χ4v) is 5.06. The predicted octanol–water partition coefficient (Wildman–Crippen LogP) is 2.90. The van der Waals surface area contributed by atoms with Gasteiger partial charge >= 0.3 is 0 Å². The van der Waals surface area contributed by atoms with Crippen LogP contribution in [0.2, 0.25) is 0 Å². The van der Waals surface area contributed by atoms with Gasteiger partial charge in [-0.25, -0.2) is 8.42 Å². The van der Waals surface area contributed by atoms with Crippen LogP contribution in [0.4, 0.5) is 11.4 Å². The number of amides is 1. The molecule has 0 spiro atoms. The summed E-state index contributed by atoms with van der Waals surface area (Å²) in [6, 6.07) is 8.19. The second-order valence-corrected chi connectivity index (χ2v) is 8.69. The summed E-state index contributed by atoms with van der Waals surface area (Å²) in [4.78, 5) is 14.4. The van der Waals surface area contributed by atoms with Gasteiger partial charge in [0.15, 0.2) is 0 Å². The third-order valence-corrected chi connectivity index (χ3v) is 6.70. The molecule has 0 bridgehead atoms. The lowest BCUT2D eigenvalue weighted by Crippen LogP contribution is -2.32. The quantitative estimate of drug-likeness (QED) is 0.831. The maximum Gasteiger partial charge on any atom is 0.262 e. The monoisotopic (exact) mass is 402 g/mol. The highest BCUT2D eigenvalue weighted by molar-refractivity contribution is 7.92. The van der Waals surface area contributed by atoms with Crippen LogP contribution >= 0.6 is 0 Å². The summed E-state index contributed by atoms with van der Waals surface area (Å²) < 4.78 is 39.3. The molecule has 0 fully saturated rings. The number of carbonyl (C=O) groups is 1. The summed E-state index contributed by atoms with van der Waals surface area (Å²) >= 11 is 0. The van der Waals surface area contributed by atoms with Crippen LogP contribution in [0.5, 0.6) is 11.5 Å². The molecule has 1 N–H and O–H groups in total. The number of nitrogens with one attached hydrogen (secondary N) is 1. The van der Waals surface area contributed by atoms with Gasteiger partial charge in [-0.05, 0) is 55.2 Å². The summed E-state index contributed by atoms with van der Waals surface area (Å²) in [5, 5.41) is 0. The molecule has 0 aromatic heterocycles. The number of rotatable bonds is 5. The van der Waals surface area contributed by atoms with Gasteiger partial charge in [0.05, 0.1) is 36.4 Å². The molecule has 1 amide bonds. The molecule has 7 nitrogen and oxygen atoms in total. The normalized spacial score (nSPS) is 18.0. The Balaban J connectivity index is 1.77. The fraction of sp³-hybridized carbons (Fsp3) is 0.350. The molecular weight excluding hydrogens is 380 g/mol. The smallest absolute Gasteiger partial charge is 0.262 e. The van der Waals surface area contributed by atoms with Crippen molar-refractivity contribution >= 4 is 27.3 Å². The Morgan fingerprint density at radius 2 is 1.93 bits per heavy atom. The zero-order valence-electron chi connectivity index (χ0n) is 16.0. The van der Waals surface area contributed by atoms with Gasteiger partial charge in [-0.15, -0.1) is 0 Å². The maximum absolute atomic E-state index is 13.1. The highest BCUT2D eigenvalue weighted by Gasteiger charge is 2.38. The minimum atomic E-state index is -3.87. The standard InChI is InChI=1S/C20H22N2O5S/c1-12-16-11-15(9-13-5-4-8-22(19(13)16)20(12)23)28(24,25)21-17-10-14(26-2)6-7-18(17)27-3/h6-7,9-12,21H,4-5,8H2,1-3H3/t12-/m0/s1. The van der Waals surface area contributed by atoms with Gasteiger partial charge in [-0.3, -0.25) is 9.52 Å². The third-order valence-electron chi connectivity index (χ3n) is 5.35. The van der Waals surface area contributed by atoms with Crippen molar-refractivity contribution in [2.45, 2.75) is 30.6 Å². The first-order valence-corrected chi connectivity index (χ1v) is 10.6. The molecule has 2 heterocycles. The minimum absolute atomic E-state index is 0.0351. The second kappa shape index (κ2) is 6.70. The van der Waals surface area contributed by atoms with E-state index in [1.807, 2.05) is 6.92 Å². The average molecular weight is 402 g/mol.